The van der Waals surface area contributed by atoms with Gasteiger partial charge in [-0.15, -0.1) is 0 Å². The molecule has 0 radical (unpaired) electrons. The fourth-order valence-corrected chi connectivity index (χ4v) is 3.99. The van der Waals surface area contributed by atoms with Crippen molar-refractivity contribution >= 4 is 37.5 Å². The molecule has 0 saturated carbocycles. The molecule has 0 saturated heterocycles. The van der Waals surface area contributed by atoms with Crippen molar-refractivity contribution in [1.82, 2.24) is 4.31 Å². The highest BCUT2D eigenvalue weighted by Gasteiger charge is 2.23. The van der Waals surface area contributed by atoms with Crippen molar-refractivity contribution in [2.45, 2.75) is 31.6 Å². The van der Waals surface area contributed by atoms with Crippen LogP contribution in [0.15, 0.2) is 29.2 Å². The molecule has 0 unspecified atom stereocenters. The van der Waals surface area contributed by atoms with Gasteiger partial charge in [-0.1, -0.05) is 29.3 Å². The first-order valence-corrected chi connectivity index (χ1v) is 9.41. The minimum Gasteiger partial charge on any atom is -0.326 e. The molecule has 0 aromatic heterocycles. The number of halogens is 1. The largest absolute Gasteiger partial charge is 0.326 e. The summed E-state index contributed by atoms with van der Waals surface area (Å²) < 4.78 is 26.6. The van der Waals surface area contributed by atoms with E-state index in [1.807, 2.05) is 6.92 Å². The molecule has 0 bridgehead atoms. The van der Waals surface area contributed by atoms with Crippen LogP contribution in [0.1, 0.15) is 26.7 Å². The van der Waals surface area contributed by atoms with E-state index < -0.39 is 10.0 Å². The summed E-state index contributed by atoms with van der Waals surface area (Å²) in [5.41, 5.74) is 0.585. The molecular formula is C14H21BrN2O3S. The second-order valence-corrected chi connectivity index (χ2v) is 7.38. The van der Waals surface area contributed by atoms with E-state index in [0.29, 0.717) is 24.1 Å². The van der Waals surface area contributed by atoms with E-state index in [2.05, 4.69) is 21.2 Å². The molecule has 1 aromatic rings. The van der Waals surface area contributed by atoms with E-state index in [9.17, 15) is 13.2 Å². The topological polar surface area (TPSA) is 66.5 Å². The molecule has 7 heteroatoms. The fourth-order valence-electron chi connectivity index (χ4n) is 1.84. The summed E-state index contributed by atoms with van der Waals surface area (Å²) in [6, 6.07) is 6.24. The highest BCUT2D eigenvalue weighted by Crippen LogP contribution is 2.19. The fraction of sp³-hybridized carbons (Fsp3) is 0.500. The first-order valence-electron chi connectivity index (χ1n) is 6.85. The zero-order valence-electron chi connectivity index (χ0n) is 12.3. The Kier molecular flexibility index (Phi) is 7.34. The summed E-state index contributed by atoms with van der Waals surface area (Å²) in [5, 5.41) is 3.21. The average Bonchev–Trinajstić information content (AvgIpc) is 2.43. The summed E-state index contributed by atoms with van der Waals surface area (Å²) >= 11 is 3.29. The lowest BCUT2D eigenvalue weighted by Crippen LogP contribution is -2.33. The van der Waals surface area contributed by atoms with Crippen LogP contribution in [0.4, 0.5) is 5.69 Å². The number of alkyl halides is 1. The first kappa shape index (κ1) is 18.1. The number of rotatable bonds is 8. The molecule has 0 aliphatic rings. The van der Waals surface area contributed by atoms with Crippen molar-refractivity contribution in [3.63, 3.8) is 0 Å². The van der Waals surface area contributed by atoms with Gasteiger partial charge in [0.2, 0.25) is 15.9 Å². The van der Waals surface area contributed by atoms with Gasteiger partial charge in [-0.25, -0.2) is 8.42 Å². The van der Waals surface area contributed by atoms with Crippen LogP contribution in [-0.2, 0) is 14.8 Å². The van der Waals surface area contributed by atoms with Crippen LogP contribution < -0.4 is 5.32 Å². The second kappa shape index (κ2) is 8.51. The minimum absolute atomic E-state index is 0.186. The van der Waals surface area contributed by atoms with Crippen LogP contribution in [0, 0.1) is 0 Å². The summed E-state index contributed by atoms with van der Waals surface area (Å²) in [6.07, 6.45) is 1.77. The average molecular weight is 377 g/mol. The molecule has 0 atom stereocenters. The van der Waals surface area contributed by atoms with Gasteiger partial charge in [0, 0.05) is 31.0 Å². The van der Waals surface area contributed by atoms with Gasteiger partial charge in [-0.3, -0.25) is 4.79 Å². The van der Waals surface area contributed by atoms with Crippen LogP contribution in [-0.4, -0.2) is 37.0 Å². The Morgan fingerprint density at radius 3 is 2.33 bits per heavy atom. The number of sulfonamides is 1. The monoisotopic (exact) mass is 376 g/mol. The number of benzene rings is 1. The summed E-state index contributed by atoms with van der Waals surface area (Å²) in [5.74, 6) is -0.186. The molecule has 1 amide bonds. The number of hydrogen-bond acceptors (Lipinski definition) is 3. The molecule has 0 heterocycles. The highest BCUT2D eigenvalue weighted by atomic mass is 79.9. The lowest BCUT2D eigenvalue weighted by atomic mass is 10.3. The molecule has 1 aromatic carbocycles. The molecular weight excluding hydrogens is 356 g/mol. The Bertz CT molecular complexity index is 558. The third-order valence-corrected chi connectivity index (χ3v) is 5.17. The zero-order chi connectivity index (χ0) is 15.9. The number of carbonyl (C=O) groups is 1. The predicted molar refractivity (Wildman–Crippen MR) is 88.2 cm³/mol. The molecule has 0 spiro atoms. The maximum Gasteiger partial charge on any atom is 0.243 e. The van der Waals surface area contributed by atoms with Gasteiger partial charge in [0.25, 0.3) is 0 Å². The van der Waals surface area contributed by atoms with Gasteiger partial charge in [-0.2, -0.15) is 4.31 Å². The van der Waals surface area contributed by atoms with Gasteiger partial charge in [0.05, 0.1) is 4.90 Å². The van der Waals surface area contributed by atoms with E-state index in [0.717, 1.165) is 12.8 Å². The van der Waals surface area contributed by atoms with Gasteiger partial charge in [-0.05, 0) is 30.7 Å². The Labute approximate surface area is 134 Å². The third kappa shape index (κ3) is 5.41. The Hall–Kier alpha value is -0.920. The summed E-state index contributed by atoms with van der Waals surface area (Å²) in [4.78, 5) is 11.2. The van der Waals surface area contributed by atoms with Gasteiger partial charge < -0.3 is 5.32 Å². The third-order valence-electron chi connectivity index (χ3n) is 2.91. The van der Waals surface area contributed by atoms with Gasteiger partial charge in [0.1, 0.15) is 0 Å². The quantitative estimate of drug-likeness (QED) is 0.709. The molecule has 1 rings (SSSR count). The second-order valence-electron chi connectivity index (χ2n) is 4.65. The lowest BCUT2D eigenvalue weighted by molar-refractivity contribution is -0.114. The van der Waals surface area contributed by atoms with Crippen LogP contribution in [0.25, 0.3) is 0 Å². The number of nitrogens with one attached hydrogen (secondary N) is 1. The minimum atomic E-state index is -3.49. The van der Waals surface area contributed by atoms with Gasteiger partial charge in [0.15, 0.2) is 0 Å². The predicted octanol–water partition coefficient (Wildman–Crippen LogP) is 2.83. The van der Waals surface area contributed by atoms with Crippen molar-refractivity contribution in [3.8, 4) is 0 Å². The number of amides is 1. The molecule has 5 nitrogen and oxygen atoms in total. The van der Waals surface area contributed by atoms with Crippen LogP contribution in [0.3, 0.4) is 0 Å². The first-order chi connectivity index (χ1) is 9.91. The SMILES string of the molecule is CCCCN(CCBr)S(=O)(=O)c1ccc(NC(C)=O)cc1. The maximum absolute atomic E-state index is 12.6. The Morgan fingerprint density at radius 1 is 1.24 bits per heavy atom. The van der Waals surface area contributed by atoms with Crippen molar-refractivity contribution in [2.75, 3.05) is 23.7 Å². The van der Waals surface area contributed by atoms with Crippen molar-refractivity contribution < 1.29 is 13.2 Å². The molecule has 0 aliphatic carbocycles. The zero-order valence-corrected chi connectivity index (χ0v) is 14.7. The number of nitrogens with zero attached hydrogens (tertiary/aromatic N) is 1. The summed E-state index contributed by atoms with van der Waals surface area (Å²) in [6.45, 7) is 4.39. The van der Waals surface area contributed by atoms with Gasteiger partial charge >= 0.3 is 0 Å². The molecule has 118 valence electrons. The van der Waals surface area contributed by atoms with Crippen molar-refractivity contribution in [3.05, 3.63) is 24.3 Å². The standard InChI is InChI=1S/C14H21BrN2O3S/c1-3-4-10-17(11-9-15)21(19,20)14-7-5-13(6-8-14)16-12(2)18/h5-8H,3-4,9-11H2,1-2H3,(H,16,18). The number of anilines is 1. The molecule has 21 heavy (non-hydrogen) atoms. The molecule has 1 N–H and O–H groups in total. The van der Waals surface area contributed by atoms with E-state index in [1.165, 1.54) is 23.4 Å². The molecule has 0 aliphatic heterocycles. The van der Waals surface area contributed by atoms with Crippen LogP contribution in [0.5, 0.6) is 0 Å². The smallest absolute Gasteiger partial charge is 0.243 e. The number of unbranched alkanes of at least 4 members (excludes halogenated alkanes) is 1. The normalized spacial score (nSPS) is 11.6. The Morgan fingerprint density at radius 2 is 1.86 bits per heavy atom. The maximum atomic E-state index is 12.6. The van der Waals surface area contributed by atoms with Crippen LogP contribution in [0.2, 0.25) is 0 Å². The summed E-state index contributed by atoms with van der Waals surface area (Å²) in [7, 11) is -3.49. The molecule has 0 fully saturated rings. The van der Waals surface area contributed by atoms with E-state index in [4.69, 9.17) is 0 Å². The van der Waals surface area contributed by atoms with Crippen LogP contribution >= 0.6 is 15.9 Å². The highest BCUT2D eigenvalue weighted by molar-refractivity contribution is 9.09. The van der Waals surface area contributed by atoms with Crippen molar-refractivity contribution in [2.24, 2.45) is 0 Å². The Balaban J connectivity index is 2.95. The van der Waals surface area contributed by atoms with E-state index in [-0.39, 0.29) is 10.8 Å². The van der Waals surface area contributed by atoms with E-state index >= 15 is 0 Å². The number of carbonyl (C=O) groups excluding carboxylic acids is 1. The van der Waals surface area contributed by atoms with Crippen molar-refractivity contribution in [1.29, 1.82) is 0 Å². The number of hydrogen-bond donors (Lipinski definition) is 1. The van der Waals surface area contributed by atoms with E-state index in [1.54, 1.807) is 12.1 Å². The lowest BCUT2D eigenvalue weighted by Gasteiger charge is -2.21.